The molecule has 0 unspecified atom stereocenters. The average molecular weight is 467 g/mol. The summed E-state index contributed by atoms with van der Waals surface area (Å²) in [6, 6.07) is 12.3. The van der Waals surface area contributed by atoms with Gasteiger partial charge in [0.1, 0.15) is 0 Å². The summed E-state index contributed by atoms with van der Waals surface area (Å²) < 4.78 is 37.4. The molecule has 7 nitrogen and oxygen atoms in total. The smallest absolute Gasteiger partial charge is 0.223 e. The Kier molecular flexibility index (Phi) is 7.80. The number of ether oxygens (including phenoxy) is 2. The second kappa shape index (κ2) is 10.3. The molecule has 0 atom stereocenters. The molecule has 9 heteroatoms. The van der Waals surface area contributed by atoms with Gasteiger partial charge in [0, 0.05) is 30.6 Å². The minimum absolute atomic E-state index is 0.0652. The maximum absolute atomic E-state index is 12.7. The van der Waals surface area contributed by atoms with Crippen molar-refractivity contribution in [1.29, 1.82) is 0 Å². The zero-order valence-corrected chi connectivity index (χ0v) is 19.2. The van der Waals surface area contributed by atoms with Crippen molar-refractivity contribution in [3.05, 3.63) is 58.6 Å². The van der Waals surface area contributed by atoms with Gasteiger partial charge in [0.05, 0.1) is 20.0 Å². The van der Waals surface area contributed by atoms with E-state index in [9.17, 15) is 13.2 Å². The molecular formula is C22H27ClN2O5S. The van der Waals surface area contributed by atoms with E-state index in [1.165, 1.54) is 4.31 Å². The quantitative estimate of drug-likeness (QED) is 0.645. The molecule has 0 aliphatic carbocycles. The third-order valence-corrected chi connectivity index (χ3v) is 7.50. The van der Waals surface area contributed by atoms with Gasteiger partial charge in [0.2, 0.25) is 15.9 Å². The maximum atomic E-state index is 12.7. The van der Waals surface area contributed by atoms with E-state index < -0.39 is 10.0 Å². The van der Waals surface area contributed by atoms with Gasteiger partial charge in [-0.05, 0) is 48.2 Å². The third-order valence-electron chi connectivity index (χ3n) is 5.40. The first-order valence-corrected chi connectivity index (χ1v) is 12.0. The minimum atomic E-state index is -3.44. The van der Waals surface area contributed by atoms with Crippen LogP contribution in [0.2, 0.25) is 5.02 Å². The van der Waals surface area contributed by atoms with E-state index in [0.717, 1.165) is 5.56 Å². The van der Waals surface area contributed by atoms with Crippen molar-refractivity contribution in [3.8, 4) is 11.5 Å². The highest BCUT2D eigenvalue weighted by atomic mass is 35.5. The average Bonchev–Trinajstić information content (AvgIpc) is 2.78. The number of halogens is 1. The van der Waals surface area contributed by atoms with E-state index in [2.05, 4.69) is 5.32 Å². The molecule has 1 aliphatic heterocycles. The molecule has 31 heavy (non-hydrogen) atoms. The first-order chi connectivity index (χ1) is 14.8. The number of rotatable bonds is 8. The van der Waals surface area contributed by atoms with Gasteiger partial charge in [0.15, 0.2) is 11.5 Å². The third kappa shape index (κ3) is 6.12. The van der Waals surface area contributed by atoms with Gasteiger partial charge in [-0.3, -0.25) is 4.79 Å². The summed E-state index contributed by atoms with van der Waals surface area (Å²) in [6.45, 7) is 1.04. The molecule has 0 radical (unpaired) electrons. The minimum Gasteiger partial charge on any atom is -0.493 e. The normalized spacial score (nSPS) is 15.5. The molecule has 1 amide bonds. The number of benzene rings is 2. The topological polar surface area (TPSA) is 84.9 Å². The van der Waals surface area contributed by atoms with Gasteiger partial charge in [-0.2, -0.15) is 0 Å². The zero-order chi connectivity index (χ0) is 22.4. The summed E-state index contributed by atoms with van der Waals surface area (Å²) in [5, 5.41) is 3.51. The van der Waals surface area contributed by atoms with Crippen LogP contribution >= 0.6 is 11.6 Å². The van der Waals surface area contributed by atoms with Crippen molar-refractivity contribution in [2.24, 2.45) is 5.92 Å². The molecule has 168 valence electrons. The van der Waals surface area contributed by atoms with Crippen molar-refractivity contribution in [2.45, 2.75) is 25.1 Å². The lowest BCUT2D eigenvalue weighted by molar-refractivity contribution is -0.126. The van der Waals surface area contributed by atoms with E-state index in [-0.39, 0.29) is 17.6 Å². The van der Waals surface area contributed by atoms with E-state index in [1.807, 2.05) is 12.1 Å². The lowest BCUT2D eigenvalue weighted by Gasteiger charge is -2.30. The lowest BCUT2D eigenvalue weighted by atomic mass is 9.97. The highest BCUT2D eigenvalue weighted by Gasteiger charge is 2.31. The second-order valence-electron chi connectivity index (χ2n) is 7.46. The number of piperidine rings is 1. The van der Waals surface area contributed by atoms with Crippen LogP contribution in [-0.4, -0.2) is 45.9 Å². The predicted octanol–water partition coefficient (Wildman–Crippen LogP) is 3.22. The molecule has 1 saturated heterocycles. The molecule has 3 rings (SSSR count). The van der Waals surface area contributed by atoms with Gasteiger partial charge in [-0.15, -0.1) is 0 Å². The van der Waals surface area contributed by atoms with E-state index >= 15 is 0 Å². The molecule has 1 fully saturated rings. The summed E-state index contributed by atoms with van der Waals surface area (Å²) in [7, 11) is -0.300. The summed E-state index contributed by atoms with van der Waals surface area (Å²) in [5.74, 6) is 0.894. The molecule has 1 heterocycles. The number of amides is 1. The number of nitrogens with one attached hydrogen (secondary N) is 1. The number of nitrogens with zero attached hydrogens (tertiary/aromatic N) is 1. The van der Waals surface area contributed by atoms with Crippen LogP contribution in [0.5, 0.6) is 11.5 Å². The Labute approximate surface area is 188 Å². The Bertz CT molecular complexity index is 1000. The van der Waals surface area contributed by atoms with E-state index in [4.69, 9.17) is 21.1 Å². The molecule has 0 bridgehead atoms. The Balaban J connectivity index is 1.50. The van der Waals surface area contributed by atoms with Crippen molar-refractivity contribution in [1.82, 2.24) is 9.62 Å². The molecule has 0 saturated carbocycles. The molecule has 1 N–H and O–H groups in total. The summed E-state index contributed by atoms with van der Waals surface area (Å²) in [5.41, 5.74) is 1.59. The second-order valence-corrected chi connectivity index (χ2v) is 9.87. The number of carbonyl (C=O) groups is 1. The largest absolute Gasteiger partial charge is 0.493 e. The van der Waals surface area contributed by atoms with Crippen LogP contribution in [0, 0.1) is 5.92 Å². The number of hydrogen-bond acceptors (Lipinski definition) is 5. The Morgan fingerprint density at radius 3 is 2.26 bits per heavy atom. The molecule has 2 aromatic rings. The van der Waals surface area contributed by atoms with Crippen molar-refractivity contribution in [2.75, 3.05) is 27.3 Å². The number of sulfonamides is 1. The van der Waals surface area contributed by atoms with Gasteiger partial charge in [0.25, 0.3) is 0 Å². The molecular weight excluding hydrogens is 440 g/mol. The van der Waals surface area contributed by atoms with Crippen LogP contribution in [0.4, 0.5) is 0 Å². The standard InChI is InChI=1S/C22H27ClN2O5S/c1-29-20-8-5-17(13-21(20)30-2)14-24-22(26)18-9-11-25(12-10-18)31(27,28)15-16-3-6-19(23)7-4-16/h3-8,13,18H,9-12,14-15H2,1-2H3,(H,24,26). The predicted molar refractivity (Wildman–Crippen MR) is 120 cm³/mol. The van der Waals surface area contributed by atoms with E-state index in [1.54, 1.807) is 44.6 Å². The lowest BCUT2D eigenvalue weighted by Crippen LogP contribution is -2.43. The number of methoxy groups -OCH3 is 2. The summed E-state index contributed by atoms with van der Waals surface area (Å²) in [6.07, 6.45) is 0.995. The van der Waals surface area contributed by atoms with Crippen LogP contribution in [0.15, 0.2) is 42.5 Å². The molecule has 0 spiro atoms. The molecule has 1 aliphatic rings. The van der Waals surface area contributed by atoms with Crippen LogP contribution in [0.3, 0.4) is 0 Å². The monoisotopic (exact) mass is 466 g/mol. The van der Waals surface area contributed by atoms with Crippen molar-refractivity contribution in [3.63, 3.8) is 0 Å². The molecule has 0 aromatic heterocycles. The highest BCUT2D eigenvalue weighted by molar-refractivity contribution is 7.88. The Morgan fingerprint density at radius 2 is 1.65 bits per heavy atom. The SMILES string of the molecule is COc1ccc(CNC(=O)C2CCN(S(=O)(=O)Cc3ccc(Cl)cc3)CC2)cc1OC. The van der Waals surface area contributed by atoms with Crippen LogP contribution < -0.4 is 14.8 Å². The number of carbonyl (C=O) groups excluding carboxylic acids is 1. The zero-order valence-electron chi connectivity index (χ0n) is 17.6. The Morgan fingerprint density at radius 1 is 1.03 bits per heavy atom. The van der Waals surface area contributed by atoms with Crippen LogP contribution in [-0.2, 0) is 27.1 Å². The van der Waals surface area contributed by atoms with Gasteiger partial charge >= 0.3 is 0 Å². The van der Waals surface area contributed by atoms with Crippen molar-refractivity contribution < 1.29 is 22.7 Å². The van der Waals surface area contributed by atoms with E-state index in [0.29, 0.717) is 54.6 Å². The maximum Gasteiger partial charge on any atom is 0.223 e. The highest BCUT2D eigenvalue weighted by Crippen LogP contribution is 2.28. The van der Waals surface area contributed by atoms with Crippen LogP contribution in [0.1, 0.15) is 24.0 Å². The summed E-state index contributed by atoms with van der Waals surface area (Å²) in [4.78, 5) is 12.6. The fraction of sp³-hybridized carbons (Fsp3) is 0.409. The first kappa shape index (κ1) is 23.4. The Hall–Kier alpha value is -2.29. The van der Waals surface area contributed by atoms with Crippen molar-refractivity contribution >= 4 is 27.5 Å². The fourth-order valence-corrected chi connectivity index (χ4v) is 5.29. The number of hydrogen-bond donors (Lipinski definition) is 1. The fourth-order valence-electron chi connectivity index (χ4n) is 3.60. The van der Waals surface area contributed by atoms with Gasteiger partial charge in [-0.25, -0.2) is 12.7 Å². The first-order valence-electron chi connectivity index (χ1n) is 10.0. The van der Waals surface area contributed by atoms with Gasteiger partial charge < -0.3 is 14.8 Å². The summed E-state index contributed by atoms with van der Waals surface area (Å²) >= 11 is 5.86. The van der Waals surface area contributed by atoms with Crippen LogP contribution in [0.25, 0.3) is 0 Å². The van der Waals surface area contributed by atoms with Gasteiger partial charge in [-0.1, -0.05) is 29.8 Å². The molecule has 2 aromatic carbocycles.